The molecule has 1 saturated carbocycles. The fraction of sp³-hybridized carbons (Fsp3) is 0.500. The summed E-state index contributed by atoms with van der Waals surface area (Å²) in [7, 11) is 0. The van der Waals surface area contributed by atoms with Gasteiger partial charge in [-0.1, -0.05) is 32.9 Å². The largest absolute Gasteiger partial charge is 0.507 e. The van der Waals surface area contributed by atoms with Crippen molar-refractivity contribution in [3.05, 3.63) is 29.8 Å². The van der Waals surface area contributed by atoms with Crippen LogP contribution in [0.15, 0.2) is 29.4 Å². The van der Waals surface area contributed by atoms with Crippen LogP contribution in [0.1, 0.15) is 45.6 Å². The lowest BCUT2D eigenvalue weighted by Gasteiger charge is -2.47. The van der Waals surface area contributed by atoms with Gasteiger partial charge in [0, 0.05) is 24.4 Å². The van der Waals surface area contributed by atoms with E-state index < -0.39 is 11.3 Å². The van der Waals surface area contributed by atoms with Crippen molar-refractivity contribution in [3.63, 3.8) is 0 Å². The molecule has 2 aliphatic rings. The van der Waals surface area contributed by atoms with Gasteiger partial charge in [-0.3, -0.25) is 19.3 Å². The summed E-state index contributed by atoms with van der Waals surface area (Å²) in [6.07, 6.45) is 2.73. The molecule has 0 radical (unpaired) electrons. The maximum Gasteiger partial charge on any atom is 0.241 e. The van der Waals surface area contributed by atoms with Crippen LogP contribution in [0.5, 0.6) is 5.75 Å². The van der Waals surface area contributed by atoms with Crippen molar-refractivity contribution in [2.75, 3.05) is 6.54 Å². The van der Waals surface area contributed by atoms with Crippen LogP contribution in [0.3, 0.4) is 0 Å². The average Bonchev–Trinajstić information content (AvgIpc) is 2.80. The monoisotopic (exact) mass is 371 g/mol. The average molecular weight is 371 g/mol. The van der Waals surface area contributed by atoms with Crippen molar-refractivity contribution in [2.24, 2.45) is 21.8 Å². The van der Waals surface area contributed by atoms with E-state index in [2.05, 4.69) is 10.5 Å². The number of hydrazone groups is 1. The van der Waals surface area contributed by atoms with E-state index in [4.69, 9.17) is 0 Å². The van der Waals surface area contributed by atoms with Crippen molar-refractivity contribution in [1.82, 2.24) is 10.3 Å². The Hall–Kier alpha value is -2.70. The maximum absolute atomic E-state index is 12.9. The Morgan fingerprint density at radius 2 is 2.04 bits per heavy atom. The quantitative estimate of drug-likeness (QED) is 0.470. The van der Waals surface area contributed by atoms with Gasteiger partial charge in [-0.05, 0) is 30.4 Å². The molecule has 1 aliphatic heterocycles. The van der Waals surface area contributed by atoms with Crippen molar-refractivity contribution >= 4 is 23.9 Å². The summed E-state index contributed by atoms with van der Waals surface area (Å²) in [5.74, 6) is -0.875. The Morgan fingerprint density at radius 3 is 2.74 bits per heavy atom. The van der Waals surface area contributed by atoms with Crippen LogP contribution in [-0.4, -0.2) is 40.5 Å². The minimum Gasteiger partial charge on any atom is -0.507 e. The van der Waals surface area contributed by atoms with E-state index in [1.54, 1.807) is 18.2 Å². The van der Waals surface area contributed by atoms with E-state index in [1.807, 2.05) is 20.8 Å². The number of hydrogen-bond donors (Lipinski definition) is 2. The van der Waals surface area contributed by atoms with Gasteiger partial charge in [0.2, 0.25) is 17.7 Å². The van der Waals surface area contributed by atoms with Gasteiger partial charge in [-0.25, -0.2) is 5.43 Å². The molecule has 1 aromatic rings. The predicted octanol–water partition coefficient (Wildman–Crippen LogP) is 2.04. The number of likely N-dealkylation sites (tertiary alicyclic amines) is 1. The fourth-order valence-corrected chi connectivity index (χ4v) is 4.15. The van der Waals surface area contributed by atoms with Crippen molar-refractivity contribution in [1.29, 1.82) is 0 Å². The summed E-state index contributed by atoms with van der Waals surface area (Å²) in [5, 5.41) is 13.5. The third-order valence-electron chi connectivity index (χ3n) is 6.40. The zero-order valence-corrected chi connectivity index (χ0v) is 15.9. The third kappa shape index (κ3) is 3.11. The number of para-hydroxylation sites is 1. The number of nitrogens with zero attached hydrogens (tertiary/aromatic N) is 2. The number of piperidine rings is 1. The molecular formula is C20H25N3O4. The number of carbonyl (C=O) groups excluding carboxylic acids is 3. The van der Waals surface area contributed by atoms with E-state index in [9.17, 15) is 19.5 Å². The van der Waals surface area contributed by atoms with E-state index in [0.29, 0.717) is 18.4 Å². The van der Waals surface area contributed by atoms with Crippen LogP contribution >= 0.6 is 0 Å². The molecule has 1 aliphatic carbocycles. The number of phenolic OH excluding ortho intramolecular Hbond substituents is 1. The molecule has 1 aromatic carbocycles. The summed E-state index contributed by atoms with van der Waals surface area (Å²) in [4.78, 5) is 38.9. The topological polar surface area (TPSA) is 99.1 Å². The summed E-state index contributed by atoms with van der Waals surface area (Å²) >= 11 is 0. The lowest BCUT2D eigenvalue weighted by Crippen LogP contribution is -2.59. The summed E-state index contributed by atoms with van der Waals surface area (Å²) < 4.78 is 0. The number of rotatable bonds is 5. The number of phenols is 1. The molecule has 7 heteroatoms. The molecule has 144 valence electrons. The lowest BCUT2D eigenvalue weighted by molar-refractivity contribution is -0.167. The Balaban J connectivity index is 1.59. The van der Waals surface area contributed by atoms with Crippen molar-refractivity contribution < 1.29 is 19.5 Å². The third-order valence-corrected chi connectivity index (χ3v) is 6.40. The zero-order chi connectivity index (χ0) is 19.8. The second-order valence-electron chi connectivity index (χ2n) is 8.04. The van der Waals surface area contributed by atoms with Crippen LogP contribution in [0.2, 0.25) is 0 Å². The number of benzene rings is 1. The van der Waals surface area contributed by atoms with E-state index >= 15 is 0 Å². The molecule has 1 heterocycles. The first-order valence-corrected chi connectivity index (χ1v) is 9.14. The summed E-state index contributed by atoms with van der Waals surface area (Å²) in [6, 6.07) is 6.61. The Bertz CT molecular complexity index is 817. The maximum atomic E-state index is 12.9. The summed E-state index contributed by atoms with van der Waals surface area (Å²) in [5.41, 5.74) is 1.92. The molecule has 7 nitrogen and oxygen atoms in total. The standard InChI is InChI=1S/C20H25N3O4/c1-19(2)14-8-10-20(19,3)18(27)23(17(14)26)11-9-16(25)22-21-12-13-6-4-5-7-15(13)24/h4-7,12,14,24H,8-11H2,1-3H3,(H,22,25)/b21-12-/t14-,20+/m1/s1. The van der Waals surface area contributed by atoms with Gasteiger partial charge in [0.25, 0.3) is 0 Å². The van der Waals surface area contributed by atoms with E-state index in [1.165, 1.54) is 17.2 Å². The molecule has 2 fully saturated rings. The van der Waals surface area contributed by atoms with Gasteiger partial charge in [0.05, 0.1) is 11.6 Å². The van der Waals surface area contributed by atoms with Crippen molar-refractivity contribution in [3.8, 4) is 5.75 Å². The van der Waals surface area contributed by atoms with Gasteiger partial charge in [0.1, 0.15) is 5.75 Å². The minimum atomic E-state index is -0.564. The number of hydrogen-bond acceptors (Lipinski definition) is 5. The Kier molecular flexibility index (Phi) is 4.80. The second-order valence-corrected chi connectivity index (χ2v) is 8.04. The molecule has 3 rings (SSSR count). The van der Waals surface area contributed by atoms with E-state index in [0.717, 1.165) is 0 Å². The Labute approximate surface area is 158 Å². The number of amides is 3. The molecule has 0 spiro atoms. The number of carbonyl (C=O) groups is 3. The fourth-order valence-electron chi connectivity index (χ4n) is 4.15. The smallest absolute Gasteiger partial charge is 0.241 e. The van der Waals surface area contributed by atoms with Gasteiger partial charge in [0.15, 0.2) is 0 Å². The molecule has 0 unspecified atom stereocenters. The highest BCUT2D eigenvalue weighted by Crippen LogP contribution is 2.59. The molecule has 2 N–H and O–H groups in total. The first-order chi connectivity index (χ1) is 12.7. The van der Waals surface area contributed by atoms with Gasteiger partial charge in [-0.15, -0.1) is 0 Å². The lowest BCUT2D eigenvalue weighted by atomic mass is 9.62. The van der Waals surface area contributed by atoms with Crippen molar-refractivity contribution in [2.45, 2.75) is 40.0 Å². The van der Waals surface area contributed by atoms with Crippen LogP contribution in [0, 0.1) is 16.7 Å². The molecule has 27 heavy (non-hydrogen) atoms. The highest BCUT2D eigenvalue weighted by Gasteiger charge is 2.64. The van der Waals surface area contributed by atoms with Gasteiger partial charge >= 0.3 is 0 Å². The van der Waals surface area contributed by atoms with Crippen LogP contribution in [-0.2, 0) is 14.4 Å². The Morgan fingerprint density at radius 1 is 1.33 bits per heavy atom. The van der Waals surface area contributed by atoms with Gasteiger partial charge < -0.3 is 5.11 Å². The highest BCUT2D eigenvalue weighted by atomic mass is 16.3. The van der Waals surface area contributed by atoms with Crippen LogP contribution in [0.25, 0.3) is 0 Å². The predicted molar refractivity (Wildman–Crippen MR) is 99.8 cm³/mol. The number of nitrogens with one attached hydrogen (secondary N) is 1. The normalized spacial score (nSPS) is 26.6. The molecule has 3 amide bonds. The zero-order valence-electron chi connectivity index (χ0n) is 15.9. The van der Waals surface area contributed by atoms with Crippen LogP contribution < -0.4 is 5.43 Å². The van der Waals surface area contributed by atoms with Gasteiger partial charge in [-0.2, -0.15) is 5.10 Å². The molecule has 2 bridgehead atoms. The first-order valence-electron chi connectivity index (χ1n) is 9.14. The van der Waals surface area contributed by atoms with E-state index in [-0.39, 0.29) is 41.9 Å². The number of imide groups is 1. The molecule has 0 aromatic heterocycles. The number of aromatic hydroxyl groups is 1. The second kappa shape index (κ2) is 6.79. The highest BCUT2D eigenvalue weighted by molar-refractivity contribution is 6.04. The summed E-state index contributed by atoms with van der Waals surface area (Å²) in [6.45, 7) is 5.94. The molecule has 1 saturated heterocycles. The molecule has 2 atom stereocenters. The molecular weight excluding hydrogens is 346 g/mol. The minimum absolute atomic E-state index is 0.0151. The number of fused-ring (bicyclic) bond motifs is 2. The SMILES string of the molecule is CC1(C)[C@@H]2CC[C@@]1(C)C(=O)N(CCC(=O)N/N=C\c1ccccc1O)C2=O. The first kappa shape index (κ1) is 19.1. The van der Waals surface area contributed by atoms with Crippen LogP contribution in [0.4, 0.5) is 0 Å².